The smallest absolute Gasteiger partial charge is 0.370 e. The van der Waals surface area contributed by atoms with Gasteiger partial charge in [0, 0.05) is 11.8 Å². The van der Waals surface area contributed by atoms with Crippen LogP contribution in [0.5, 0.6) is 0 Å². The number of nitrogens with zero attached hydrogens (tertiary/aromatic N) is 6. The first-order chi connectivity index (χ1) is 17.8. The predicted octanol–water partition coefficient (Wildman–Crippen LogP) is 2.84. The first-order valence-corrected chi connectivity index (χ1v) is 12.9. The maximum Gasteiger partial charge on any atom is 0.370 e. The number of pyridine rings is 2. The molecule has 2 N–H and O–H groups in total. The van der Waals surface area contributed by atoms with E-state index >= 15 is 0 Å². The molecule has 0 radical (unpaired) electrons. The molecule has 8 nitrogen and oxygen atoms in total. The summed E-state index contributed by atoms with van der Waals surface area (Å²) in [6, 6.07) is 19.4. The van der Waals surface area contributed by atoms with E-state index in [4.69, 9.17) is 10.5 Å². The molecule has 8 rings (SSSR count). The Hall–Kier alpha value is -4.04. The van der Waals surface area contributed by atoms with Crippen LogP contribution in [0.4, 0.5) is 17.6 Å². The van der Waals surface area contributed by atoms with Crippen molar-refractivity contribution in [2.75, 3.05) is 54.9 Å². The van der Waals surface area contributed by atoms with Crippen LogP contribution in [-0.4, -0.2) is 48.2 Å². The van der Waals surface area contributed by atoms with E-state index in [1.807, 2.05) is 6.07 Å². The molecule has 0 spiro atoms. The molecule has 0 bridgehead atoms. The zero-order valence-corrected chi connectivity index (χ0v) is 20.2. The Morgan fingerprint density at radius 2 is 1.25 bits per heavy atom. The highest BCUT2D eigenvalue weighted by Crippen LogP contribution is 2.35. The second kappa shape index (κ2) is 7.48. The van der Waals surface area contributed by atoms with Crippen LogP contribution in [0.1, 0.15) is 12.8 Å². The molecule has 2 aliphatic rings. The summed E-state index contributed by atoms with van der Waals surface area (Å²) in [6.45, 7) is 5.31. The summed E-state index contributed by atoms with van der Waals surface area (Å²) in [6.07, 6.45) is 6.83. The molecular weight excluding hydrogens is 450 g/mol. The Bertz CT molecular complexity index is 1810. The first kappa shape index (κ1) is 20.2. The van der Waals surface area contributed by atoms with Gasteiger partial charge in [0.05, 0.1) is 51.8 Å². The molecule has 5 aromatic heterocycles. The fourth-order valence-corrected chi connectivity index (χ4v) is 6.35. The van der Waals surface area contributed by atoms with Gasteiger partial charge in [-0.2, -0.15) is 8.80 Å². The van der Waals surface area contributed by atoms with E-state index in [0.29, 0.717) is 0 Å². The van der Waals surface area contributed by atoms with Crippen molar-refractivity contribution >= 4 is 50.7 Å². The fourth-order valence-electron chi connectivity index (χ4n) is 6.35. The van der Waals surface area contributed by atoms with E-state index in [1.54, 1.807) is 0 Å². The molecule has 0 atom stereocenters. The first-order valence-electron chi connectivity index (χ1n) is 12.9. The van der Waals surface area contributed by atoms with Crippen LogP contribution in [0.25, 0.3) is 33.1 Å². The van der Waals surface area contributed by atoms with E-state index in [2.05, 4.69) is 88.3 Å². The molecule has 0 unspecified atom stereocenters. The van der Waals surface area contributed by atoms with Crippen LogP contribution in [-0.2, 0) is 4.74 Å². The number of hydrogen-bond donors (Lipinski definition) is 1. The Balaban J connectivity index is 1.67. The van der Waals surface area contributed by atoms with Gasteiger partial charge in [-0.3, -0.25) is 9.80 Å². The number of nitrogen functional groups attached to an aromatic ring is 1. The molecule has 2 saturated heterocycles. The summed E-state index contributed by atoms with van der Waals surface area (Å²) < 4.78 is 15.3. The topological polar surface area (TPSA) is 58.8 Å². The number of morpholine rings is 1. The molecule has 0 amide bonds. The largest absolute Gasteiger partial charge is 0.399 e. The minimum absolute atomic E-state index is 0.730. The number of nitrogens with two attached hydrogens (primary N) is 1. The van der Waals surface area contributed by atoms with Gasteiger partial charge in [0.2, 0.25) is 0 Å². The van der Waals surface area contributed by atoms with E-state index in [-0.39, 0.29) is 0 Å². The molecular formula is C28H29N7O+2. The number of hydrogen-bond acceptors (Lipinski definition) is 4. The van der Waals surface area contributed by atoms with E-state index in [9.17, 15) is 0 Å². The molecule has 7 heterocycles. The van der Waals surface area contributed by atoms with Gasteiger partial charge in [0.25, 0.3) is 0 Å². The summed E-state index contributed by atoms with van der Waals surface area (Å²) in [7, 11) is 0. The molecule has 36 heavy (non-hydrogen) atoms. The Labute approximate surface area is 207 Å². The van der Waals surface area contributed by atoms with Crippen molar-refractivity contribution in [2.45, 2.75) is 12.8 Å². The maximum atomic E-state index is 6.44. The van der Waals surface area contributed by atoms with Gasteiger partial charge in [-0.05, 0) is 49.2 Å². The van der Waals surface area contributed by atoms with Gasteiger partial charge in [-0.15, -0.1) is 0 Å². The number of fused-ring (bicyclic) bond motifs is 10. The third-order valence-electron chi connectivity index (χ3n) is 7.87. The Morgan fingerprint density at radius 1 is 0.667 bits per heavy atom. The minimum atomic E-state index is 0.730. The molecule has 0 saturated carbocycles. The maximum absolute atomic E-state index is 6.44. The summed E-state index contributed by atoms with van der Waals surface area (Å²) in [4.78, 5) is 4.98. The molecule has 8 heteroatoms. The van der Waals surface area contributed by atoms with Crippen molar-refractivity contribution in [1.29, 1.82) is 0 Å². The van der Waals surface area contributed by atoms with Crippen LogP contribution in [0.2, 0.25) is 0 Å². The molecule has 1 aromatic carbocycles. The zero-order chi connectivity index (χ0) is 23.8. The highest BCUT2D eigenvalue weighted by Gasteiger charge is 2.36. The van der Waals surface area contributed by atoms with Crippen LogP contribution < -0.4 is 24.3 Å². The standard InChI is InChI=1S/C28H29N7O/c29-20-9-10-21-24(19-20)35-26(23-8-2-4-14-33(23)28(35)31-15-17-36-18-16-31)25-22-7-1-3-13-32(22)27(34(21)25)30-11-5-6-12-30/h1-4,7-10,13-14,19H,5-6,11-12,15-18,29H2/q+2. The van der Waals surface area contributed by atoms with E-state index in [1.165, 1.54) is 40.9 Å². The van der Waals surface area contributed by atoms with Crippen molar-refractivity contribution in [3.8, 4) is 0 Å². The Morgan fingerprint density at radius 3 is 1.89 bits per heavy atom. The third-order valence-corrected chi connectivity index (χ3v) is 7.87. The number of anilines is 3. The van der Waals surface area contributed by atoms with Crippen molar-refractivity contribution < 1.29 is 13.5 Å². The van der Waals surface area contributed by atoms with Gasteiger partial charge in [-0.25, -0.2) is 8.80 Å². The summed E-state index contributed by atoms with van der Waals surface area (Å²) >= 11 is 0. The third kappa shape index (κ3) is 2.62. The molecule has 0 aliphatic carbocycles. The van der Waals surface area contributed by atoms with Crippen LogP contribution >= 0.6 is 0 Å². The number of aromatic nitrogens is 4. The monoisotopic (exact) mass is 479 g/mol. The lowest BCUT2D eigenvalue weighted by Crippen LogP contribution is -2.42. The highest BCUT2D eigenvalue weighted by atomic mass is 16.5. The fraction of sp³-hybridized carbons (Fsp3) is 0.286. The number of rotatable bonds is 2. The normalized spacial score (nSPS) is 17.0. The van der Waals surface area contributed by atoms with Crippen LogP contribution in [0.15, 0.2) is 67.0 Å². The number of benzene rings is 1. The van der Waals surface area contributed by atoms with Crippen molar-refractivity contribution in [3.05, 3.63) is 67.0 Å². The summed E-state index contributed by atoms with van der Waals surface area (Å²) in [5, 5.41) is 0. The van der Waals surface area contributed by atoms with Crippen molar-refractivity contribution in [2.24, 2.45) is 0 Å². The van der Waals surface area contributed by atoms with Gasteiger partial charge >= 0.3 is 11.9 Å². The van der Waals surface area contributed by atoms with Gasteiger partial charge in [0.15, 0.2) is 22.1 Å². The van der Waals surface area contributed by atoms with E-state index in [0.717, 1.165) is 62.1 Å². The van der Waals surface area contributed by atoms with Gasteiger partial charge in [-0.1, -0.05) is 12.1 Å². The quantitative estimate of drug-likeness (QED) is 0.307. The van der Waals surface area contributed by atoms with Crippen LogP contribution in [0.3, 0.4) is 0 Å². The average molecular weight is 480 g/mol. The average Bonchev–Trinajstić information content (AvgIpc) is 3.64. The molecule has 180 valence electrons. The minimum Gasteiger partial charge on any atom is -0.399 e. The lowest BCUT2D eigenvalue weighted by molar-refractivity contribution is -0.498. The SMILES string of the molecule is Nc1ccc2c(c1)n1c(N3CCOCC3)[n+]3ccccc3c1c1c3cccc[n+]3c(N3CCCC3)n21. The number of ether oxygens (including phenoxy) is 1. The van der Waals surface area contributed by atoms with Crippen molar-refractivity contribution in [1.82, 2.24) is 8.80 Å². The second-order valence-corrected chi connectivity index (χ2v) is 9.92. The molecule has 6 aromatic rings. The summed E-state index contributed by atoms with van der Waals surface area (Å²) in [5.41, 5.74) is 14.3. The Kier molecular flexibility index (Phi) is 4.19. The van der Waals surface area contributed by atoms with Crippen LogP contribution in [0, 0.1) is 0 Å². The van der Waals surface area contributed by atoms with Gasteiger partial charge < -0.3 is 10.5 Å². The van der Waals surface area contributed by atoms with E-state index < -0.39 is 0 Å². The summed E-state index contributed by atoms with van der Waals surface area (Å²) in [5.74, 6) is 2.37. The highest BCUT2D eigenvalue weighted by molar-refractivity contribution is 6.04. The number of imidazole rings is 2. The lowest BCUT2D eigenvalue weighted by Gasteiger charge is -2.22. The molecule has 2 fully saturated rings. The second-order valence-electron chi connectivity index (χ2n) is 9.92. The molecule has 2 aliphatic heterocycles. The lowest BCUT2D eigenvalue weighted by atomic mass is 10.2. The van der Waals surface area contributed by atoms with Crippen molar-refractivity contribution in [3.63, 3.8) is 0 Å². The zero-order valence-electron chi connectivity index (χ0n) is 20.2. The van der Waals surface area contributed by atoms with Gasteiger partial charge in [0.1, 0.15) is 11.0 Å². The predicted molar refractivity (Wildman–Crippen MR) is 141 cm³/mol.